The molecule has 0 aromatic heterocycles. The first-order valence-corrected chi connectivity index (χ1v) is 6.23. The molecule has 3 heteroatoms. The molecule has 1 atom stereocenters. The van der Waals surface area contributed by atoms with E-state index in [0.717, 1.165) is 11.1 Å². The molecule has 0 saturated heterocycles. The van der Waals surface area contributed by atoms with Crippen LogP contribution in [0, 0.1) is 11.3 Å². The minimum Gasteiger partial charge on any atom is -0.387 e. The zero-order chi connectivity index (χ0) is 13.5. The molecule has 2 rings (SSSR count). The highest BCUT2D eigenvalue weighted by Crippen LogP contribution is 2.11. The van der Waals surface area contributed by atoms with E-state index in [4.69, 9.17) is 5.26 Å². The molecule has 19 heavy (non-hydrogen) atoms. The lowest BCUT2D eigenvalue weighted by atomic mass is 10.1. The largest absolute Gasteiger partial charge is 0.387 e. The molecular weight excluding hydrogens is 236 g/mol. The van der Waals surface area contributed by atoms with E-state index in [9.17, 15) is 5.11 Å². The molecule has 0 spiro atoms. The molecule has 0 heterocycles. The second-order valence-corrected chi connectivity index (χ2v) is 4.33. The molecule has 0 aliphatic heterocycles. The molecule has 2 aromatic rings. The van der Waals surface area contributed by atoms with Crippen molar-refractivity contribution in [3.8, 4) is 6.07 Å². The van der Waals surface area contributed by atoms with Gasteiger partial charge in [0.05, 0.1) is 17.7 Å². The molecule has 1 unspecified atom stereocenters. The zero-order valence-electron chi connectivity index (χ0n) is 10.6. The first-order valence-electron chi connectivity index (χ1n) is 6.23. The number of nitrogens with zero attached hydrogens (tertiary/aromatic N) is 1. The molecule has 0 bridgehead atoms. The summed E-state index contributed by atoms with van der Waals surface area (Å²) in [6.45, 7) is 1.04. The summed E-state index contributed by atoms with van der Waals surface area (Å²) < 4.78 is 0. The third-order valence-corrected chi connectivity index (χ3v) is 2.98. The summed E-state index contributed by atoms with van der Waals surface area (Å²) in [5.74, 6) is 0. The second-order valence-electron chi connectivity index (χ2n) is 4.33. The minimum atomic E-state index is -0.532. The topological polar surface area (TPSA) is 56.0 Å². The van der Waals surface area contributed by atoms with Crippen molar-refractivity contribution in [2.45, 2.75) is 12.6 Å². The van der Waals surface area contributed by atoms with Gasteiger partial charge in [-0.3, -0.25) is 0 Å². The van der Waals surface area contributed by atoms with Gasteiger partial charge in [0.1, 0.15) is 0 Å². The Morgan fingerprint density at radius 2 is 1.74 bits per heavy atom. The van der Waals surface area contributed by atoms with E-state index < -0.39 is 6.10 Å². The maximum Gasteiger partial charge on any atom is 0.0995 e. The van der Waals surface area contributed by atoms with E-state index in [-0.39, 0.29) is 0 Å². The number of nitriles is 1. The average molecular weight is 252 g/mol. The quantitative estimate of drug-likeness (QED) is 0.859. The highest BCUT2D eigenvalue weighted by atomic mass is 16.3. The van der Waals surface area contributed by atoms with Crippen LogP contribution < -0.4 is 5.32 Å². The number of aliphatic hydroxyl groups excluding tert-OH is 1. The monoisotopic (exact) mass is 252 g/mol. The van der Waals surface area contributed by atoms with E-state index in [0.29, 0.717) is 18.7 Å². The normalized spacial score (nSPS) is 11.8. The summed E-state index contributed by atoms with van der Waals surface area (Å²) >= 11 is 0. The van der Waals surface area contributed by atoms with Crippen molar-refractivity contribution < 1.29 is 5.11 Å². The summed E-state index contributed by atoms with van der Waals surface area (Å²) in [5.41, 5.74) is 2.51. The van der Waals surface area contributed by atoms with Crippen molar-refractivity contribution >= 4 is 0 Å². The van der Waals surface area contributed by atoms with E-state index in [2.05, 4.69) is 11.4 Å². The maximum absolute atomic E-state index is 10.00. The van der Waals surface area contributed by atoms with E-state index >= 15 is 0 Å². The van der Waals surface area contributed by atoms with Crippen molar-refractivity contribution in [2.24, 2.45) is 0 Å². The third-order valence-electron chi connectivity index (χ3n) is 2.98. The van der Waals surface area contributed by atoms with Crippen LogP contribution in [0.3, 0.4) is 0 Å². The summed E-state index contributed by atoms with van der Waals surface area (Å²) in [6, 6.07) is 19.2. The van der Waals surface area contributed by atoms with Gasteiger partial charge < -0.3 is 10.4 Å². The van der Waals surface area contributed by atoms with Gasteiger partial charge in [-0.25, -0.2) is 0 Å². The van der Waals surface area contributed by atoms with Crippen LogP contribution in [0.1, 0.15) is 22.8 Å². The van der Waals surface area contributed by atoms with Crippen molar-refractivity contribution in [1.29, 1.82) is 5.26 Å². The highest BCUT2D eigenvalue weighted by Gasteiger charge is 2.06. The van der Waals surface area contributed by atoms with Gasteiger partial charge in [-0.15, -0.1) is 0 Å². The standard InChI is InChI=1S/C16H16N2O/c17-10-14-8-4-5-9-15(14)11-18-12-16(19)13-6-2-1-3-7-13/h1-9,16,18-19H,11-12H2. The number of benzene rings is 2. The van der Waals surface area contributed by atoms with Crippen molar-refractivity contribution in [2.75, 3.05) is 6.54 Å². The van der Waals surface area contributed by atoms with Gasteiger partial charge in [0.15, 0.2) is 0 Å². The van der Waals surface area contributed by atoms with Gasteiger partial charge in [-0.05, 0) is 17.2 Å². The van der Waals surface area contributed by atoms with Crippen molar-refractivity contribution in [1.82, 2.24) is 5.32 Å². The predicted molar refractivity (Wildman–Crippen MR) is 74.3 cm³/mol. The second kappa shape index (κ2) is 6.69. The number of nitrogens with one attached hydrogen (secondary N) is 1. The molecule has 0 aliphatic rings. The summed E-state index contributed by atoms with van der Waals surface area (Å²) in [7, 11) is 0. The summed E-state index contributed by atoms with van der Waals surface area (Å²) in [6.07, 6.45) is -0.532. The van der Waals surface area contributed by atoms with Crippen LogP contribution in [-0.2, 0) is 6.54 Å². The Kier molecular flexibility index (Phi) is 4.68. The number of rotatable bonds is 5. The Morgan fingerprint density at radius 1 is 1.05 bits per heavy atom. The number of aliphatic hydroxyl groups is 1. The first kappa shape index (κ1) is 13.3. The molecule has 96 valence electrons. The number of hydrogen-bond donors (Lipinski definition) is 2. The van der Waals surface area contributed by atoms with Gasteiger partial charge >= 0.3 is 0 Å². The number of hydrogen-bond acceptors (Lipinski definition) is 3. The lowest BCUT2D eigenvalue weighted by Gasteiger charge is -2.12. The molecule has 0 amide bonds. The Hall–Kier alpha value is -2.15. The molecular formula is C16H16N2O. The fourth-order valence-corrected chi connectivity index (χ4v) is 1.92. The van der Waals surface area contributed by atoms with Crippen LogP contribution in [0.15, 0.2) is 54.6 Å². The lowest BCUT2D eigenvalue weighted by molar-refractivity contribution is 0.174. The Morgan fingerprint density at radius 3 is 2.47 bits per heavy atom. The minimum absolute atomic E-state index is 0.462. The summed E-state index contributed by atoms with van der Waals surface area (Å²) in [4.78, 5) is 0. The third kappa shape index (κ3) is 3.65. The van der Waals surface area contributed by atoms with E-state index in [1.807, 2.05) is 48.5 Å². The SMILES string of the molecule is N#Cc1ccccc1CNCC(O)c1ccccc1. The zero-order valence-corrected chi connectivity index (χ0v) is 10.6. The maximum atomic E-state index is 10.00. The van der Waals surface area contributed by atoms with Crippen molar-refractivity contribution in [3.63, 3.8) is 0 Å². The molecule has 0 fully saturated rings. The van der Waals surface area contributed by atoms with Gasteiger partial charge in [-0.1, -0.05) is 48.5 Å². The average Bonchev–Trinajstić information content (AvgIpc) is 2.48. The molecule has 3 nitrogen and oxygen atoms in total. The van der Waals surface area contributed by atoms with Crippen LogP contribution in [0.25, 0.3) is 0 Å². The van der Waals surface area contributed by atoms with E-state index in [1.165, 1.54) is 0 Å². The van der Waals surface area contributed by atoms with Crippen LogP contribution in [0.2, 0.25) is 0 Å². The fourth-order valence-electron chi connectivity index (χ4n) is 1.92. The highest BCUT2D eigenvalue weighted by molar-refractivity contribution is 5.37. The van der Waals surface area contributed by atoms with Crippen LogP contribution in [-0.4, -0.2) is 11.7 Å². The van der Waals surface area contributed by atoms with Gasteiger partial charge in [0.25, 0.3) is 0 Å². The van der Waals surface area contributed by atoms with Gasteiger partial charge in [-0.2, -0.15) is 5.26 Å². The summed E-state index contributed by atoms with van der Waals surface area (Å²) in [5, 5.41) is 22.1. The van der Waals surface area contributed by atoms with Gasteiger partial charge in [0, 0.05) is 13.1 Å². The lowest BCUT2D eigenvalue weighted by Crippen LogP contribution is -2.21. The van der Waals surface area contributed by atoms with Crippen LogP contribution in [0.4, 0.5) is 0 Å². The van der Waals surface area contributed by atoms with Gasteiger partial charge in [0.2, 0.25) is 0 Å². The predicted octanol–water partition coefficient (Wildman–Crippen LogP) is 2.38. The molecule has 0 aliphatic carbocycles. The smallest absolute Gasteiger partial charge is 0.0995 e. The molecule has 0 saturated carbocycles. The first-order chi connectivity index (χ1) is 9.31. The molecule has 2 aromatic carbocycles. The molecule has 0 radical (unpaired) electrons. The molecule has 2 N–H and O–H groups in total. The van der Waals surface area contributed by atoms with Crippen molar-refractivity contribution in [3.05, 3.63) is 71.3 Å². The van der Waals surface area contributed by atoms with Crippen LogP contribution >= 0.6 is 0 Å². The van der Waals surface area contributed by atoms with Crippen LogP contribution in [0.5, 0.6) is 0 Å². The Bertz CT molecular complexity index is 560. The Labute approximate surface area is 113 Å². The Balaban J connectivity index is 1.89. The van der Waals surface area contributed by atoms with E-state index in [1.54, 1.807) is 6.07 Å². The fraction of sp³-hybridized carbons (Fsp3) is 0.188.